The van der Waals surface area contributed by atoms with Crippen molar-refractivity contribution in [1.82, 2.24) is 4.90 Å². The summed E-state index contributed by atoms with van der Waals surface area (Å²) in [5.41, 5.74) is 7.47. The van der Waals surface area contributed by atoms with Crippen molar-refractivity contribution in [3.63, 3.8) is 0 Å². The molecule has 0 aliphatic rings. The predicted octanol–water partition coefficient (Wildman–Crippen LogP) is 2.46. The van der Waals surface area contributed by atoms with Crippen LogP contribution in [-0.2, 0) is 5.54 Å². The van der Waals surface area contributed by atoms with Gasteiger partial charge in [0.2, 0.25) is 0 Å². The highest BCUT2D eigenvalue weighted by molar-refractivity contribution is 5.35. The molecule has 2 atom stereocenters. The third-order valence-electron chi connectivity index (χ3n) is 3.99. The monoisotopic (exact) mass is 250 g/mol. The molecule has 0 bridgehead atoms. The summed E-state index contributed by atoms with van der Waals surface area (Å²) in [7, 11) is 5.81. The molecule has 1 rings (SSSR count). The largest absolute Gasteiger partial charge is 0.497 e. The first-order valence-corrected chi connectivity index (χ1v) is 6.43. The molecular weight excluding hydrogens is 224 g/mol. The maximum Gasteiger partial charge on any atom is 0.119 e. The number of nitrogens with zero attached hydrogens (tertiary/aromatic N) is 1. The molecule has 0 aliphatic heterocycles. The third-order valence-corrected chi connectivity index (χ3v) is 3.99. The van der Waals surface area contributed by atoms with E-state index in [1.165, 1.54) is 0 Å². The minimum absolute atomic E-state index is 0.240. The summed E-state index contributed by atoms with van der Waals surface area (Å²) in [5.74, 6) is 1.19. The van der Waals surface area contributed by atoms with Crippen LogP contribution in [0, 0.1) is 5.92 Å². The fourth-order valence-corrected chi connectivity index (χ4v) is 2.38. The lowest BCUT2D eigenvalue weighted by molar-refractivity contribution is 0.146. The molecule has 0 aromatic heterocycles. The highest BCUT2D eigenvalue weighted by atomic mass is 16.5. The van der Waals surface area contributed by atoms with E-state index in [0.717, 1.165) is 11.3 Å². The van der Waals surface area contributed by atoms with E-state index < -0.39 is 5.54 Å². The zero-order chi connectivity index (χ0) is 13.9. The Morgan fingerprint density at radius 3 is 2.28 bits per heavy atom. The topological polar surface area (TPSA) is 38.5 Å². The van der Waals surface area contributed by atoms with Gasteiger partial charge in [-0.05, 0) is 44.6 Å². The van der Waals surface area contributed by atoms with Gasteiger partial charge in [0.05, 0.1) is 12.6 Å². The van der Waals surface area contributed by atoms with Gasteiger partial charge >= 0.3 is 0 Å². The quantitative estimate of drug-likeness (QED) is 0.872. The first-order valence-electron chi connectivity index (χ1n) is 6.43. The zero-order valence-corrected chi connectivity index (χ0v) is 12.4. The Bertz CT molecular complexity index is 390. The van der Waals surface area contributed by atoms with Gasteiger partial charge in [0, 0.05) is 6.04 Å². The molecule has 0 saturated carbocycles. The van der Waals surface area contributed by atoms with Gasteiger partial charge in [-0.1, -0.05) is 26.0 Å². The number of ether oxygens (including phenoxy) is 1. The normalized spacial score (nSPS) is 16.7. The number of methoxy groups -OCH3 is 1. The molecule has 102 valence electrons. The van der Waals surface area contributed by atoms with Gasteiger partial charge in [-0.15, -0.1) is 0 Å². The van der Waals surface area contributed by atoms with Crippen molar-refractivity contribution >= 4 is 0 Å². The number of benzene rings is 1. The molecule has 18 heavy (non-hydrogen) atoms. The van der Waals surface area contributed by atoms with E-state index in [2.05, 4.69) is 45.8 Å². The molecule has 3 heteroatoms. The average Bonchev–Trinajstić information content (AvgIpc) is 2.36. The highest BCUT2D eigenvalue weighted by Crippen LogP contribution is 2.34. The molecule has 0 saturated heterocycles. The summed E-state index contributed by atoms with van der Waals surface area (Å²) in [6.07, 6.45) is 0. The van der Waals surface area contributed by atoms with Crippen molar-refractivity contribution in [3.05, 3.63) is 29.8 Å². The predicted molar refractivity (Wildman–Crippen MR) is 76.8 cm³/mol. The van der Waals surface area contributed by atoms with Crippen LogP contribution in [0.15, 0.2) is 24.3 Å². The Morgan fingerprint density at radius 1 is 1.22 bits per heavy atom. The molecule has 3 nitrogen and oxygen atoms in total. The number of likely N-dealkylation sites (N-methyl/N-ethyl adjacent to an activating group) is 1. The number of rotatable bonds is 5. The van der Waals surface area contributed by atoms with E-state index in [0.29, 0.717) is 5.92 Å². The molecule has 2 unspecified atom stereocenters. The van der Waals surface area contributed by atoms with E-state index >= 15 is 0 Å². The van der Waals surface area contributed by atoms with E-state index in [1.54, 1.807) is 7.11 Å². The summed E-state index contributed by atoms with van der Waals surface area (Å²) >= 11 is 0. The molecule has 0 heterocycles. The highest BCUT2D eigenvalue weighted by Gasteiger charge is 2.38. The fourth-order valence-electron chi connectivity index (χ4n) is 2.38. The second-order valence-electron chi connectivity index (χ2n) is 5.46. The summed E-state index contributed by atoms with van der Waals surface area (Å²) < 4.78 is 5.30. The molecule has 2 N–H and O–H groups in total. The summed E-state index contributed by atoms with van der Waals surface area (Å²) in [6, 6.07) is 8.32. The Balaban J connectivity index is 3.26. The standard InChI is InChI=1S/C15H26N2O/c1-11(2)15(16,12(3)17(4)5)13-8-7-9-14(10-13)18-6/h7-12H,16H2,1-6H3. The van der Waals surface area contributed by atoms with Crippen molar-refractivity contribution in [2.24, 2.45) is 11.7 Å². The first-order chi connectivity index (χ1) is 8.33. The van der Waals surface area contributed by atoms with Gasteiger partial charge in [0.25, 0.3) is 0 Å². The fraction of sp³-hybridized carbons (Fsp3) is 0.600. The molecule has 1 aromatic rings. The lowest BCUT2D eigenvalue weighted by atomic mass is 9.75. The van der Waals surface area contributed by atoms with Gasteiger partial charge in [-0.25, -0.2) is 0 Å². The SMILES string of the molecule is COc1cccc(C(N)(C(C)C)C(C)N(C)C)c1. The summed E-state index contributed by atoms with van der Waals surface area (Å²) in [4.78, 5) is 2.17. The Hall–Kier alpha value is -1.06. The maximum atomic E-state index is 6.73. The van der Waals surface area contributed by atoms with Crippen LogP contribution in [-0.4, -0.2) is 32.1 Å². The molecule has 0 fully saturated rings. The van der Waals surface area contributed by atoms with Gasteiger partial charge in [-0.2, -0.15) is 0 Å². The van der Waals surface area contributed by atoms with Crippen LogP contribution in [0.25, 0.3) is 0 Å². The van der Waals surface area contributed by atoms with Crippen molar-refractivity contribution in [1.29, 1.82) is 0 Å². The second kappa shape index (κ2) is 5.72. The summed E-state index contributed by atoms with van der Waals surface area (Å²) in [6.45, 7) is 6.50. The lowest BCUT2D eigenvalue weighted by Gasteiger charge is -2.43. The van der Waals surface area contributed by atoms with Crippen molar-refractivity contribution in [2.45, 2.75) is 32.4 Å². The zero-order valence-electron chi connectivity index (χ0n) is 12.4. The van der Waals surface area contributed by atoms with Crippen molar-refractivity contribution < 1.29 is 4.74 Å². The molecule has 0 spiro atoms. The van der Waals surface area contributed by atoms with Crippen LogP contribution < -0.4 is 10.5 Å². The Labute approximate surface area is 111 Å². The minimum atomic E-state index is -0.391. The second-order valence-corrected chi connectivity index (χ2v) is 5.46. The average molecular weight is 250 g/mol. The Kier molecular flexibility index (Phi) is 4.77. The van der Waals surface area contributed by atoms with Crippen LogP contribution in [0.1, 0.15) is 26.3 Å². The van der Waals surface area contributed by atoms with Gasteiger partial charge < -0.3 is 15.4 Å². The van der Waals surface area contributed by atoms with Gasteiger partial charge in [0.1, 0.15) is 5.75 Å². The van der Waals surface area contributed by atoms with Crippen LogP contribution in [0.4, 0.5) is 0 Å². The van der Waals surface area contributed by atoms with Crippen molar-refractivity contribution in [3.8, 4) is 5.75 Å². The van der Waals surface area contributed by atoms with Gasteiger partial charge in [-0.3, -0.25) is 0 Å². The maximum absolute atomic E-state index is 6.73. The smallest absolute Gasteiger partial charge is 0.119 e. The molecule has 0 aliphatic carbocycles. The van der Waals surface area contributed by atoms with Crippen LogP contribution in [0.5, 0.6) is 5.75 Å². The van der Waals surface area contributed by atoms with E-state index in [-0.39, 0.29) is 6.04 Å². The van der Waals surface area contributed by atoms with Crippen LogP contribution in [0.2, 0.25) is 0 Å². The number of hydrogen-bond donors (Lipinski definition) is 1. The van der Waals surface area contributed by atoms with E-state index in [1.807, 2.05) is 18.2 Å². The number of nitrogens with two attached hydrogens (primary N) is 1. The lowest BCUT2D eigenvalue weighted by Crippen LogP contribution is -2.56. The van der Waals surface area contributed by atoms with E-state index in [4.69, 9.17) is 10.5 Å². The van der Waals surface area contributed by atoms with E-state index in [9.17, 15) is 0 Å². The molecule has 0 radical (unpaired) electrons. The molecule has 1 aromatic carbocycles. The first kappa shape index (κ1) is 15.0. The van der Waals surface area contributed by atoms with Crippen LogP contribution in [0.3, 0.4) is 0 Å². The minimum Gasteiger partial charge on any atom is -0.497 e. The summed E-state index contributed by atoms with van der Waals surface area (Å²) in [5, 5.41) is 0. The molecular formula is C15H26N2O. The number of hydrogen-bond acceptors (Lipinski definition) is 3. The van der Waals surface area contributed by atoms with Gasteiger partial charge in [0.15, 0.2) is 0 Å². The Morgan fingerprint density at radius 2 is 1.83 bits per heavy atom. The van der Waals surface area contributed by atoms with Crippen molar-refractivity contribution in [2.75, 3.05) is 21.2 Å². The van der Waals surface area contributed by atoms with Crippen LogP contribution >= 0.6 is 0 Å². The third kappa shape index (κ3) is 2.68. The molecule has 0 amide bonds.